The van der Waals surface area contributed by atoms with Crippen molar-refractivity contribution >= 4 is 15.9 Å². The van der Waals surface area contributed by atoms with Gasteiger partial charge in [-0.15, -0.1) is 0 Å². The van der Waals surface area contributed by atoms with E-state index in [0.29, 0.717) is 24.8 Å². The molecule has 1 heterocycles. The average Bonchev–Trinajstić information content (AvgIpc) is 3.09. The van der Waals surface area contributed by atoms with Gasteiger partial charge in [0.2, 0.25) is 11.7 Å². The molecule has 0 saturated heterocycles. The Morgan fingerprint density at radius 3 is 2.64 bits per heavy atom. The van der Waals surface area contributed by atoms with Gasteiger partial charge in [-0.3, -0.25) is 4.90 Å². The monoisotopic (exact) mass is 400 g/mol. The third-order valence-electron chi connectivity index (χ3n) is 3.84. The first-order valence-corrected chi connectivity index (χ1v) is 9.09. The SMILES string of the molecule is NCCCN(Cc1ccccc1)Cc1nc(-c2cccc(Br)c2)no1. The fraction of sp³-hybridized carbons (Fsp3) is 0.263. The van der Waals surface area contributed by atoms with Gasteiger partial charge < -0.3 is 10.3 Å². The highest BCUT2D eigenvalue weighted by molar-refractivity contribution is 9.10. The Morgan fingerprint density at radius 1 is 1.04 bits per heavy atom. The van der Waals surface area contributed by atoms with Gasteiger partial charge in [-0.05, 0) is 30.7 Å². The maximum absolute atomic E-state index is 5.68. The van der Waals surface area contributed by atoms with E-state index in [1.165, 1.54) is 5.56 Å². The van der Waals surface area contributed by atoms with Crippen molar-refractivity contribution < 1.29 is 4.52 Å². The molecule has 0 aliphatic rings. The summed E-state index contributed by atoms with van der Waals surface area (Å²) >= 11 is 3.47. The average molecular weight is 401 g/mol. The van der Waals surface area contributed by atoms with Crippen LogP contribution in [0.25, 0.3) is 11.4 Å². The molecule has 0 unspecified atom stereocenters. The van der Waals surface area contributed by atoms with Crippen molar-refractivity contribution in [2.75, 3.05) is 13.1 Å². The van der Waals surface area contributed by atoms with E-state index >= 15 is 0 Å². The lowest BCUT2D eigenvalue weighted by Crippen LogP contribution is -2.25. The fourth-order valence-corrected chi connectivity index (χ4v) is 3.02. The molecule has 2 aromatic carbocycles. The van der Waals surface area contributed by atoms with Gasteiger partial charge in [-0.2, -0.15) is 4.98 Å². The zero-order valence-corrected chi connectivity index (χ0v) is 15.5. The van der Waals surface area contributed by atoms with Crippen LogP contribution in [0.15, 0.2) is 63.6 Å². The molecule has 2 N–H and O–H groups in total. The smallest absolute Gasteiger partial charge is 0.241 e. The van der Waals surface area contributed by atoms with Crippen LogP contribution in [0.5, 0.6) is 0 Å². The van der Waals surface area contributed by atoms with Crippen molar-refractivity contribution in [2.24, 2.45) is 5.73 Å². The molecule has 0 aliphatic heterocycles. The Morgan fingerprint density at radius 2 is 1.88 bits per heavy atom. The molecule has 3 aromatic rings. The zero-order valence-electron chi connectivity index (χ0n) is 13.9. The van der Waals surface area contributed by atoms with Crippen LogP contribution in [-0.2, 0) is 13.1 Å². The van der Waals surface area contributed by atoms with Crippen LogP contribution in [0.4, 0.5) is 0 Å². The predicted molar refractivity (Wildman–Crippen MR) is 102 cm³/mol. The van der Waals surface area contributed by atoms with Crippen molar-refractivity contribution in [2.45, 2.75) is 19.5 Å². The van der Waals surface area contributed by atoms with Crippen molar-refractivity contribution in [3.05, 3.63) is 70.5 Å². The predicted octanol–water partition coefficient (Wildman–Crippen LogP) is 3.85. The van der Waals surface area contributed by atoms with Crippen LogP contribution in [0, 0.1) is 0 Å². The third kappa shape index (κ3) is 5.22. The van der Waals surface area contributed by atoms with E-state index in [0.717, 1.165) is 29.5 Å². The zero-order chi connectivity index (χ0) is 17.5. The van der Waals surface area contributed by atoms with Crippen molar-refractivity contribution in [3.8, 4) is 11.4 Å². The first-order chi connectivity index (χ1) is 12.2. The summed E-state index contributed by atoms with van der Waals surface area (Å²) in [5.74, 6) is 1.22. The van der Waals surface area contributed by atoms with Crippen molar-refractivity contribution in [3.63, 3.8) is 0 Å². The molecule has 0 aliphatic carbocycles. The molecule has 0 saturated carbocycles. The summed E-state index contributed by atoms with van der Waals surface area (Å²) in [7, 11) is 0. The molecule has 0 spiro atoms. The summed E-state index contributed by atoms with van der Waals surface area (Å²) in [6, 6.07) is 18.2. The number of halogens is 1. The third-order valence-corrected chi connectivity index (χ3v) is 4.33. The second-order valence-corrected chi connectivity index (χ2v) is 6.78. The highest BCUT2D eigenvalue weighted by Crippen LogP contribution is 2.21. The Hall–Kier alpha value is -2.02. The second kappa shape index (κ2) is 8.89. The molecule has 5 nitrogen and oxygen atoms in total. The van der Waals surface area contributed by atoms with E-state index in [2.05, 4.69) is 55.2 Å². The van der Waals surface area contributed by atoms with Crippen LogP contribution >= 0.6 is 15.9 Å². The lowest BCUT2D eigenvalue weighted by Gasteiger charge is -2.20. The Kier molecular flexibility index (Phi) is 6.33. The van der Waals surface area contributed by atoms with Crippen molar-refractivity contribution in [1.29, 1.82) is 0 Å². The summed E-state index contributed by atoms with van der Waals surface area (Å²) < 4.78 is 6.45. The highest BCUT2D eigenvalue weighted by atomic mass is 79.9. The Labute approximate surface area is 156 Å². The molecule has 0 bridgehead atoms. The topological polar surface area (TPSA) is 68.2 Å². The van der Waals surface area contributed by atoms with Gasteiger partial charge in [0, 0.05) is 23.1 Å². The first kappa shape index (κ1) is 17.8. The standard InChI is InChI=1S/C19H21BrN4O/c20-17-9-4-8-16(12-17)19-22-18(25-23-19)14-24(11-5-10-21)13-15-6-2-1-3-7-15/h1-4,6-9,12H,5,10-11,13-14,21H2. The van der Waals surface area contributed by atoms with E-state index in [4.69, 9.17) is 10.3 Å². The first-order valence-electron chi connectivity index (χ1n) is 8.29. The van der Waals surface area contributed by atoms with Gasteiger partial charge in [-0.25, -0.2) is 0 Å². The molecule has 0 atom stereocenters. The molecule has 1 aromatic heterocycles. The molecule has 0 amide bonds. The number of aromatic nitrogens is 2. The number of rotatable bonds is 8. The Balaban J connectivity index is 1.71. The van der Waals surface area contributed by atoms with Gasteiger partial charge in [0.1, 0.15) is 0 Å². The second-order valence-electron chi connectivity index (χ2n) is 5.86. The largest absolute Gasteiger partial charge is 0.338 e. The minimum atomic E-state index is 0.606. The number of nitrogens with two attached hydrogens (primary N) is 1. The molecule has 3 rings (SSSR count). The lowest BCUT2D eigenvalue weighted by molar-refractivity contribution is 0.217. The Bertz CT molecular complexity index is 791. The molecule has 25 heavy (non-hydrogen) atoms. The van der Waals surface area contributed by atoms with Crippen LogP contribution in [0.2, 0.25) is 0 Å². The maximum Gasteiger partial charge on any atom is 0.241 e. The van der Waals surface area contributed by atoms with E-state index in [1.807, 2.05) is 30.3 Å². The summed E-state index contributed by atoms with van der Waals surface area (Å²) in [6.45, 7) is 2.99. The maximum atomic E-state index is 5.68. The molecular weight excluding hydrogens is 380 g/mol. The minimum absolute atomic E-state index is 0.606. The van der Waals surface area contributed by atoms with E-state index in [9.17, 15) is 0 Å². The number of hydrogen-bond acceptors (Lipinski definition) is 5. The highest BCUT2D eigenvalue weighted by Gasteiger charge is 2.13. The van der Waals surface area contributed by atoms with E-state index in [-0.39, 0.29) is 0 Å². The van der Waals surface area contributed by atoms with Crippen LogP contribution in [0.1, 0.15) is 17.9 Å². The molecule has 0 fully saturated rings. The fourth-order valence-electron chi connectivity index (χ4n) is 2.63. The van der Waals surface area contributed by atoms with Gasteiger partial charge in [0.25, 0.3) is 0 Å². The van der Waals surface area contributed by atoms with Crippen LogP contribution in [-0.4, -0.2) is 28.1 Å². The normalized spacial score (nSPS) is 11.2. The van der Waals surface area contributed by atoms with Gasteiger partial charge in [0.05, 0.1) is 6.54 Å². The molecule has 0 radical (unpaired) electrons. The summed E-state index contributed by atoms with van der Waals surface area (Å²) in [4.78, 5) is 6.82. The van der Waals surface area contributed by atoms with Crippen LogP contribution in [0.3, 0.4) is 0 Å². The molecule has 130 valence electrons. The number of nitrogens with zero attached hydrogens (tertiary/aromatic N) is 3. The summed E-state index contributed by atoms with van der Waals surface area (Å²) in [6.07, 6.45) is 0.930. The quantitative estimate of drug-likeness (QED) is 0.621. The van der Waals surface area contributed by atoms with E-state index < -0.39 is 0 Å². The van der Waals surface area contributed by atoms with Gasteiger partial charge in [-0.1, -0.05) is 63.6 Å². The van der Waals surface area contributed by atoms with Crippen LogP contribution < -0.4 is 5.73 Å². The van der Waals surface area contributed by atoms with E-state index in [1.54, 1.807) is 0 Å². The van der Waals surface area contributed by atoms with Gasteiger partial charge in [0.15, 0.2) is 0 Å². The summed E-state index contributed by atoms with van der Waals surface area (Å²) in [5, 5.41) is 4.11. The molecular formula is C19H21BrN4O. The lowest BCUT2D eigenvalue weighted by atomic mass is 10.2. The number of hydrogen-bond donors (Lipinski definition) is 1. The molecule has 6 heteroatoms. The number of benzene rings is 2. The van der Waals surface area contributed by atoms with Crippen molar-refractivity contribution in [1.82, 2.24) is 15.0 Å². The minimum Gasteiger partial charge on any atom is -0.338 e. The summed E-state index contributed by atoms with van der Waals surface area (Å²) in [5.41, 5.74) is 7.86. The van der Waals surface area contributed by atoms with Gasteiger partial charge >= 0.3 is 0 Å².